The molecule has 0 unspecified atom stereocenters. The number of carbonyl (C=O) groups excluding carboxylic acids is 2. The lowest BCUT2D eigenvalue weighted by molar-refractivity contribution is -0.187. The highest BCUT2D eigenvalue weighted by Gasteiger charge is 2.44. The van der Waals surface area contributed by atoms with Gasteiger partial charge in [0.2, 0.25) is 5.91 Å². The zero-order chi connectivity index (χ0) is 19.5. The standard InChI is InChI=1S/C18H24F3N3O2/c1-11(2)13-7-6-12(3)15(9-13)22-23-16(25)14-5-4-8-24(10-14)17(26)18(19,20)21/h6,13-14H,1,4-5,7-10H2,2-3H3,(H,23,25)/b22-15-/t13-,14-/m1/s1. The Hall–Kier alpha value is -2.12. The number of amides is 2. The molecule has 26 heavy (non-hydrogen) atoms. The van der Waals surface area contributed by atoms with Crippen LogP contribution in [-0.2, 0) is 9.59 Å². The maximum atomic E-state index is 12.6. The summed E-state index contributed by atoms with van der Waals surface area (Å²) in [5.74, 6) is -2.77. The number of nitrogens with zero attached hydrogens (tertiary/aromatic N) is 2. The molecule has 1 N–H and O–H groups in total. The summed E-state index contributed by atoms with van der Waals surface area (Å²) >= 11 is 0. The highest BCUT2D eigenvalue weighted by Crippen LogP contribution is 2.27. The third-order valence-corrected chi connectivity index (χ3v) is 4.92. The molecule has 5 nitrogen and oxygen atoms in total. The van der Waals surface area contributed by atoms with Crippen molar-refractivity contribution in [3.8, 4) is 0 Å². The molecule has 144 valence electrons. The first-order chi connectivity index (χ1) is 12.1. The van der Waals surface area contributed by atoms with Gasteiger partial charge in [-0.25, -0.2) is 5.43 Å². The average Bonchev–Trinajstić information content (AvgIpc) is 2.59. The molecule has 8 heteroatoms. The van der Waals surface area contributed by atoms with E-state index < -0.39 is 23.9 Å². The average molecular weight is 371 g/mol. The Balaban J connectivity index is 1.99. The van der Waals surface area contributed by atoms with Gasteiger partial charge in [0.15, 0.2) is 0 Å². The van der Waals surface area contributed by atoms with Crippen LogP contribution in [-0.4, -0.2) is 41.7 Å². The van der Waals surface area contributed by atoms with Crippen LogP contribution in [0.15, 0.2) is 28.9 Å². The second-order valence-corrected chi connectivity index (χ2v) is 6.99. The Morgan fingerprint density at radius 3 is 2.65 bits per heavy atom. The van der Waals surface area contributed by atoms with Gasteiger partial charge in [0.1, 0.15) is 0 Å². The van der Waals surface area contributed by atoms with Crippen molar-refractivity contribution in [2.24, 2.45) is 16.9 Å². The lowest BCUT2D eigenvalue weighted by Crippen LogP contribution is -2.49. The number of halogens is 3. The molecule has 0 radical (unpaired) electrons. The monoisotopic (exact) mass is 371 g/mol. The molecule has 1 saturated heterocycles. The molecule has 0 saturated carbocycles. The van der Waals surface area contributed by atoms with E-state index >= 15 is 0 Å². The van der Waals surface area contributed by atoms with Crippen LogP contribution in [0, 0.1) is 11.8 Å². The number of nitrogens with one attached hydrogen (secondary N) is 1. The fourth-order valence-corrected chi connectivity index (χ4v) is 3.19. The lowest BCUT2D eigenvalue weighted by Gasteiger charge is -2.32. The minimum atomic E-state index is -4.92. The van der Waals surface area contributed by atoms with Crippen LogP contribution in [0.3, 0.4) is 0 Å². The van der Waals surface area contributed by atoms with Crippen molar-refractivity contribution in [2.45, 2.75) is 45.7 Å². The van der Waals surface area contributed by atoms with Gasteiger partial charge in [-0.05, 0) is 51.0 Å². The molecule has 1 fully saturated rings. The van der Waals surface area contributed by atoms with Crippen molar-refractivity contribution in [1.29, 1.82) is 0 Å². The second-order valence-electron chi connectivity index (χ2n) is 6.99. The SMILES string of the molecule is C=C(C)[C@@H]1CC=C(C)/C(=N\NC(=O)[C@@H]2CCCN(C(=O)C(F)(F)F)C2)C1. The highest BCUT2D eigenvalue weighted by molar-refractivity contribution is 6.01. The maximum Gasteiger partial charge on any atom is 0.471 e. The summed E-state index contributed by atoms with van der Waals surface area (Å²) < 4.78 is 37.7. The van der Waals surface area contributed by atoms with Gasteiger partial charge in [-0.2, -0.15) is 18.3 Å². The minimum absolute atomic E-state index is 0.0127. The third-order valence-electron chi connectivity index (χ3n) is 4.92. The minimum Gasteiger partial charge on any atom is -0.334 e. The summed E-state index contributed by atoms with van der Waals surface area (Å²) in [5, 5.41) is 4.17. The molecule has 1 aliphatic heterocycles. The van der Waals surface area contributed by atoms with E-state index in [-0.39, 0.29) is 19.0 Å². The predicted molar refractivity (Wildman–Crippen MR) is 92.2 cm³/mol. The van der Waals surface area contributed by atoms with Crippen molar-refractivity contribution in [1.82, 2.24) is 10.3 Å². The predicted octanol–water partition coefficient (Wildman–Crippen LogP) is 3.19. The molecule has 2 amide bonds. The van der Waals surface area contributed by atoms with Gasteiger partial charge >= 0.3 is 12.1 Å². The Morgan fingerprint density at radius 1 is 1.35 bits per heavy atom. The van der Waals surface area contributed by atoms with Gasteiger partial charge in [-0.3, -0.25) is 9.59 Å². The van der Waals surface area contributed by atoms with Crippen molar-refractivity contribution in [3.05, 3.63) is 23.8 Å². The zero-order valence-electron chi connectivity index (χ0n) is 15.0. The van der Waals surface area contributed by atoms with Crippen LogP contribution in [0.2, 0.25) is 0 Å². The Kier molecular flexibility index (Phi) is 6.26. The van der Waals surface area contributed by atoms with E-state index in [9.17, 15) is 22.8 Å². The summed E-state index contributed by atoms with van der Waals surface area (Å²) in [6.07, 6.45) is -0.542. The summed E-state index contributed by atoms with van der Waals surface area (Å²) in [6.45, 7) is 7.58. The van der Waals surface area contributed by atoms with Crippen LogP contribution >= 0.6 is 0 Å². The van der Waals surface area contributed by atoms with Gasteiger partial charge in [0.25, 0.3) is 0 Å². The first-order valence-electron chi connectivity index (χ1n) is 8.64. The normalized spacial score (nSPS) is 25.7. The number of hydrazone groups is 1. The lowest BCUT2D eigenvalue weighted by atomic mass is 9.85. The second kappa shape index (κ2) is 8.05. The summed E-state index contributed by atoms with van der Waals surface area (Å²) in [7, 11) is 0. The number of hydrogen-bond acceptors (Lipinski definition) is 3. The molecule has 2 rings (SSSR count). The topological polar surface area (TPSA) is 61.8 Å². The number of rotatable bonds is 3. The first kappa shape index (κ1) is 20.2. The molecule has 0 bridgehead atoms. The number of likely N-dealkylation sites (tertiary alicyclic amines) is 1. The van der Waals surface area contributed by atoms with Crippen molar-refractivity contribution >= 4 is 17.5 Å². The van der Waals surface area contributed by atoms with E-state index in [1.54, 1.807) is 0 Å². The van der Waals surface area contributed by atoms with Crippen molar-refractivity contribution in [3.63, 3.8) is 0 Å². The number of piperidine rings is 1. The smallest absolute Gasteiger partial charge is 0.334 e. The Labute approximate surface area is 151 Å². The van der Waals surface area contributed by atoms with Crippen molar-refractivity contribution < 1.29 is 22.8 Å². The quantitative estimate of drug-likeness (QED) is 0.612. The Bertz CT molecular complexity index is 653. The molecular weight excluding hydrogens is 347 g/mol. The first-order valence-corrected chi connectivity index (χ1v) is 8.64. The molecule has 1 aliphatic carbocycles. The van der Waals surface area contributed by atoms with Crippen LogP contribution in [0.1, 0.15) is 39.5 Å². The zero-order valence-corrected chi connectivity index (χ0v) is 15.0. The number of alkyl halides is 3. The molecule has 1 heterocycles. The van der Waals surface area contributed by atoms with E-state index in [2.05, 4.69) is 17.1 Å². The summed E-state index contributed by atoms with van der Waals surface area (Å²) in [6, 6.07) is 0. The van der Waals surface area contributed by atoms with Crippen LogP contribution in [0.4, 0.5) is 13.2 Å². The van der Waals surface area contributed by atoms with Crippen LogP contribution in [0.5, 0.6) is 0 Å². The third kappa shape index (κ3) is 4.95. The molecular formula is C18H24F3N3O2. The largest absolute Gasteiger partial charge is 0.471 e. The van der Waals surface area contributed by atoms with Crippen LogP contribution < -0.4 is 5.43 Å². The highest BCUT2D eigenvalue weighted by atomic mass is 19.4. The molecule has 2 atom stereocenters. The van der Waals surface area contributed by atoms with E-state index in [4.69, 9.17) is 0 Å². The van der Waals surface area contributed by atoms with E-state index in [1.165, 1.54) is 0 Å². The molecule has 2 aliphatic rings. The number of carbonyl (C=O) groups is 2. The van der Waals surface area contributed by atoms with Gasteiger partial charge in [0.05, 0.1) is 11.6 Å². The van der Waals surface area contributed by atoms with Gasteiger partial charge in [0, 0.05) is 13.1 Å². The molecule has 0 aromatic rings. The maximum absolute atomic E-state index is 12.6. The molecule has 0 aromatic heterocycles. The van der Waals surface area contributed by atoms with E-state index in [1.807, 2.05) is 19.9 Å². The Morgan fingerprint density at radius 2 is 2.04 bits per heavy atom. The number of hydrogen-bond donors (Lipinski definition) is 1. The van der Waals surface area contributed by atoms with Crippen LogP contribution in [0.25, 0.3) is 0 Å². The summed E-state index contributed by atoms with van der Waals surface area (Å²) in [5.41, 5.74) is 5.23. The van der Waals surface area contributed by atoms with E-state index in [0.717, 1.165) is 23.3 Å². The van der Waals surface area contributed by atoms with E-state index in [0.29, 0.717) is 24.2 Å². The fraction of sp³-hybridized carbons (Fsp3) is 0.611. The van der Waals surface area contributed by atoms with Gasteiger partial charge < -0.3 is 4.90 Å². The van der Waals surface area contributed by atoms with Crippen molar-refractivity contribution in [2.75, 3.05) is 13.1 Å². The number of allylic oxidation sites excluding steroid dienone is 3. The molecule has 0 spiro atoms. The fourth-order valence-electron chi connectivity index (χ4n) is 3.19. The van der Waals surface area contributed by atoms with Gasteiger partial charge in [-0.1, -0.05) is 18.2 Å². The summed E-state index contributed by atoms with van der Waals surface area (Å²) in [4.78, 5) is 24.4. The molecule has 0 aromatic carbocycles. The van der Waals surface area contributed by atoms with Gasteiger partial charge in [-0.15, -0.1) is 0 Å².